The van der Waals surface area contributed by atoms with Crippen molar-refractivity contribution in [3.05, 3.63) is 45.4 Å². The summed E-state index contributed by atoms with van der Waals surface area (Å²) in [6, 6.07) is 3.18. The van der Waals surface area contributed by atoms with Gasteiger partial charge in [0, 0.05) is 17.0 Å². The summed E-state index contributed by atoms with van der Waals surface area (Å²) in [6.45, 7) is 0. The van der Waals surface area contributed by atoms with Crippen LogP contribution < -0.4 is 11.1 Å². The molecule has 1 unspecified atom stereocenters. The van der Waals surface area contributed by atoms with Crippen molar-refractivity contribution in [1.29, 1.82) is 0 Å². The van der Waals surface area contributed by atoms with Gasteiger partial charge in [0.25, 0.3) is 5.69 Å². The zero-order valence-corrected chi connectivity index (χ0v) is 11.0. The molecule has 1 atom stereocenters. The lowest BCUT2D eigenvalue weighted by atomic mass is 10.1. The van der Waals surface area contributed by atoms with Gasteiger partial charge in [0.1, 0.15) is 5.69 Å². The maximum atomic E-state index is 11.3. The molecular formula is C11H11N3O5S. The molecule has 20 heavy (non-hydrogen) atoms. The Bertz CT molecular complexity index is 711. The molecule has 0 radical (unpaired) electrons. The number of sulfone groups is 1. The van der Waals surface area contributed by atoms with E-state index in [0.29, 0.717) is 0 Å². The van der Waals surface area contributed by atoms with E-state index in [1.165, 1.54) is 18.2 Å². The van der Waals surface area contributed by atoms with E-state index < -0.39 is 26.7 Å². The van der Waals surface area contributed by atoms with Crippen LogP contribution in [0.15, 0.2) is 29.7 Å². The van der Waals surface area contributed by atoms with Crippen LogP contribution in [0.2, 0.25) is 0 Å². The van der Waals surface area contributed by atoms with Crippen molar-refractivity contribution < 1.29 is 18.1 Å². The molecule has 106 valence electrons. The van der Waals surface area contributed by atoms with E-state index in [1.54, 1.807) is 0 Å². The van der Waals surface area contributed by atoms with Crippen LogP contribution in [-0.4, -0.2) is 31.0 Å². The highest BCUT2D eigenvalue weighted by molar-refractivity contribution is 7.94. The molecule has 0 aromatic heterocycles. The van der Waals surface area contributed by atoms with Crippen LogP contribution in [0.4, 0.5) is 11.4 Å². The SMILES string of the molecule is NC(=O)c1ccc(NC2C=CS(=O)(=O)C2)c([N+](=O)[O-])c1. The third-order valence-corrected chi connectivity index (χ3v) is 4.15. The molecule has 1 amide bonds. The second kappa shape index (κ2) is 4.93. The summed E-state index contributed by atoms with van der Waals surface area (Å²) in [5, 5.41) is 14.8. The number of nitrogens with one attached hydrogen (secondary N) is 1. The molecule has 1 aromatic carbocycles. The smallest absolute Gasteiger partial charge is 0.293 e. The van der Waals surface area contributed by atoms with E-state index in [9.17, 15) is 23.3 Å². The molecule has 1 aromatic rings. The molecular weight excluding hydrogens is 286 g/mol. The Morgan fingerprint density at radius 3 is 2.65 bits per heavy atom. The highest BCUT2D eigenvalue weighted by atomic mass is 32.2. The number of carbonyl (C=O) groups excluding carboxylic acids is 1. The van der Waals surface area contributed by atoms with Gasteiger partial charge in [0.2, 0.25) is 5.91 Å². The molecule has 0 saturated carbocycles. The van der Waals surface area contributed by atoms with Crippen molar-refractivity contribution in [2.24, 2.45) is 5.73 Å². The summed E-state index contributed by atoms with van der Waals surface area (Å²) in [6.07, 6.45) is 1.42. The van der Waals surface area contributed by atoms with E-state index in [-0.39, 0.29) is 22.7 Å². The molecule has 9 heteroatoms. The van der Waals surface area contributed by atoms with E-state index in [2.05, 4.69) is 5.32 Å². The molecule has 3 N–H and O–H groups in total. The molecule has 0 fully saturated rings. The lowest BCUT2D eigenvalue weighted by Gasteiger charge is -2.12. The molecule has 1 aliphatic heterocycles. The molecule has 1 aliphatic rings. The standard InChI is InChI=1S/C11H11N3O5S/c12-11(15)7-1-2-9(10(5-7)14(16)17)13-8-3-4-20(18,19)6-8/h1-5,8,13H,6H2,(H2,12,15). The normalized spacial score (nSPS) is 19.7. The number of hydrogen-bond acceptors (Lipinski definition) is 6. The number of benzene rings is 1. The lowest BCUT2D eigenvalue weighted by molar-refractivity contribution is -0.384. The second-order valence-electron chi connectivity index (χ2n) is 4.26. The number of nitrogens with zero attached hydrogens (tertiary/aromatic N) is 1. The monoisotopic (exact) mass is 297 g/mol. The van der Waals surface area contributed by atoms with Gasteiger partial charge >= 0.3 is 0 Å². The van der Waals surface area contributed by atoms with Crippen molar-refractivity contribution in [3.8, 4) is 0 Å². The summed E-state index contributed by atoms with van der Waals surface area (Å²) in [7, 11) is -3.26. The fourth-order valence-corrected chi connectivity index (χ4v) is 3.06. The van der Waals surface area contributed by atoms with Crippen LogP contribution in [0, 0.1) is 10.1 Å². The Balaban J connectivity index is 2.30. The first-order valence-corrected chi connectivity index (χ1v) is 7.26. The van der Waals surface area contributed by atoms with Crippen molar-refractivity contribution in [3.63, 3.8) is 0 Å². The zero-order chi connectivity index (χ0) is 14.9. The molecule has 0 spiro atoms. The van der Waals surface area contributed by atoms with Gasteiger partial charge < -0.3 is 11.1 Å². The van der Waals surface area contributed by atoms with Crippen LogP contribution in [-0.2, 0) is 9.84 Å². The van der Waals surface area contributed by atoms with Crippen LogP contribution in [0.3, 0.4) is 0 Å². The summed E-state index contributed by atoms with van der Waals surface area (Å²) in [5.74, 6) is -0.940. The third kappa shape index (κ3) is 2.94. The Morgan fingerprint density at radius 1 is 1.45 bits per heavy atom. The first-order chi connectivity index (χ1) is 9.28. The quantitative estimate of drug-likeness (QED) is 0.611. The highest BCUT2D eigenvalue weighted by Crippen LogP contribution is 2.27. The maximum absolute atomic E-state index is 11.3. The topological polar surface area (TPSA) is 132 Å². The van der Waals surface area contributed by atoms with Gasteiger partial charge in [-0.2, -0.15) is 0 Å². The Labute approximate surface area is 114 Å². The highest BCUT2D eigenvalue weighted by Gasteiger charge is 2.24. The number of anilines is 1. The van der Waals surface area contributed by atoms with E-state index in [4.69, 9.17) is 5.73 Å². The third-order valence-electron chi connectivity index (χ3n) is 2.75. The van der Waals surface area contributed by atoms with Crippen LogP contribution in [0.1, 0.15) is 10.4 Å². The van der Waals surface area contributed by atoms with Crippen molar-refractivity contribution >= 4 is 27.1 Å². The van der Waals surface area contributed by atoms with Crippen LogP contribution in [0.5, 0.6) is 0 Å². The summed E-state index contributed by atoms with van der Waals surface area (Å²) < 4.78 is 22.5. The Morgan fingerprint density at radius 2 is 2.15 bits per heavy atom. The second-order valence-corrected chi connectivity index (χ2v) is 6.19. The van der Waals surface area contributed by atoms with Crippen molar-refractivity contribution in [2.75, 3.05) is 11.1 Å². The van der Waals surface area contributed by atoms with Crippen molar-refractivity contribution in [2.45, 2.75) is 6.04 Å². The van der Waals surface area contributed by atoms with Crippen LogP contribution in [0.25, 0.3) is 0 Å². The van der Waals surface area contributed by atoms with E-state index in [0.717, 1.165) is 11.5 Å². The first-order valence-electron chi connectivity index (χ1n) is 5.54. The molecule has 0 saturated heterocycles. The summed E-state index contributed by atoms with van der Waals surface area (Å²) in [4.78, 5) is 21.3. The Kier molecular flexibility index (Phi) is 3.45. The molecule has 0 bridgehead atoms. The van der Waals surface area contributed by atoms with Gasteiger partial charge in [0.05, 0.1) is 16.7 Å². The number of primary amides is 1. The van der Waals surface area contributed by atoms with Gasteiger partial charge in [-0.05, 0) is 12.1 Å². The molecule has 1 heterocycles. The number of nitro benzene ring substituents is 1. The average Bonchev–Trinajstić information content (AvgIpc) is 2.68. The fraction of sp³-hybridized carbons (Fsp3) is 0.182. The Hall–Kier alpha value is -2.42. The average molecular weight is 297 g/mol. The largest absolute Gasteiger partial charge is 0.372 e. The van der Waals surface area contributed by atoms with Gasteiger partial charge in [-0.15, -0.1) is 0 Å². The van der Waals surface area contributed by atoms with E-state index >= 15 is 0 Å². The fourth-order valence-electron chi connectivity index (χ4n) is 1.82. The summed E-state index contributed by atoms with van der Waals surface area (Å²) in [5.41, 5.74) is 4.87. The number of rotatable bonds is 4. The number of amides is 1. The van der Waals surface area contributed by atoms with Gasteiger partial charge in [0.15, 0.2) is 9.84 Å². The molecule has 2 rings (SSSR count). The summed E-state index contributed by atoms with van der Waals surface area (Å²) >= 11 is 0. The minimum atomic E-state index is -3.26. The minimum Gasteiger partial charge on any atom is -0.372 e. The first kappa shape index (κ1) is 14.0. The van der Waals surface area contributed by atoms with Crippen molar-refractivity contribution in [1.82, 2.24) is 0 Å². The van der Waals surface area contributed by atoms with Gasteiger partial charge in [-0.1, -0.05) is 6.08 Å². The van der Waals surface area contributed by atoms with Crippen LogP contribution >= 0.6 is 0 Å². The molecule has 8 nitrogen and oxygen atoms in total. The minimum absolute atomic E-state index is 0.0110. The predicted octanol–water partition coefficient (Wildman–Crippen LogP) is 0.416. The predicted molar refractivity (Wildman–Crippen MR) is 72.0 cm³/mol. The number of nitrogens with two attached hydrogens (primary N) is 1. The number of carbonyl (C=O) groups is 1. The number of hydrogen-bond donors (Lipinski definition) is 2. The lowest BCUT2D eigenvalue weighted by Crippen LogP contribution is -2.21. The van der Waals surface area contributed by atoms with Gasteiger partial charge in [-0.3, -0.25) is 14.9 Å². The number of nitro groups is 1. The van der Waals surface area contributed by atoms with Gasteiger partial charge in [-0.25, -0.2) is 8.42 Å². The maximum Gasteiger partial charge on any atom is 0.293 e. The molecule has 0 aliphatic carbocycles. The van der Waals surface area contributed by atoms with E-state index in [1.807, 2.05) is 0 Å². The zero-order valence-electron chi connectivity index (χ0n) is 10.1.